The van der Waals surface area contributed by atoms with Gasteiger partial charge in [0.2, 0.25) is 5.91 Å². The Bertz CT molecular complexity index is 579. The van der Waals surface area contributed by atoms with E-state index in [0.29, 0.717) is 5.92 Å². The van der Waals surface area contributed by atoms with Gasteiger partial charge in [-0.1, -0.05) is 6.92 Å². The van der Waals surface area contributed by atoms with Gasteiger partial charge in [-0.25, -0.2) is 0 Å². The van der Waals surface area contributed by atoms with Crippen molar-refractivity contribution in [1.29, 1.82) is 0 Å². The van der Waals surface area contributed by atoms with Gasteiger partial charge in [0.05, 0.1) is 6.04 Å². The molecule has 0 spiro atoms. The predicted molar refractivity (Wildman–Crippen MR) is 125 cm³/mol. The van der Waals surface area contributed by atoms with Crippen LogP contribution in [-0.4, -0.2) is 75.0 Å². The second kappa shape index (κ2) is 12.6. The van der Waals surface area contributed by atoms with E-state index in [1.54, 1.807) is 23.3 Å². The first kappa shape index (κ1) is 24.2. The number of halogens is 1. The van der Waals surface area contributed by atoms with Gasteiger partial charge < -0.3 is 15.5 Å². The van der Waals surface area contributed by atoms with Crippen molar-refractivity contribution in [3.8, 4) is 0 Å². The van der Waals surface area contributed by atoms with Crippen molar-refractivity contribution in [1.82, 2.24) is 20.4 Å². The van der Waals surface area contributed by atoms with Gasteiger partial charge in [-0.2, -0.15) is 11.3 Å². The highest BCUT2D eigenvalue weighted by molar-refractivity contribution is 14.0. The first-order valence-electron chi connectivity index (χ1n) is 9.44. The Hall–Kier alpha value is -0.870. The standard InChI is InChI=1S/C19H33N5OS.HI/c1-15(16-8-12-26-14-16)13-22-19(20-2)21-9-6-11-24-10-5-7-17(24)18(25)23(3)4;/h8,12,14-15,17H,5-7,9-11,13H2,1-4H3,(H2,20,21,22);1H. The zero-order chi connectivity index (χ0) is 18.9. The molecular formula is C19H34IN5OS. The summed E-state index contributed by atoms with van der Waals surface area (Å²) in [4.78, 5) is 20.6. The number of aliphatic imine (C=N–C) groups is 1. The summed E-state index contributed by atoms with van der Waals surface area (Å²) in [5, 5.41) is 11.1. The largest absolute Gasteiger partial charge is 0.356 e. The van der Waals surface area contributed by atoms with E-state index in [2.05, 4.69) is 44.3 Å². The van der Waals surface area contributed by atoms with Gasteiger partial charge in [0, 0.05) is 40.8 Å². The fourth-order valence-electron chi connectivity index (χ4n) is 3.30. The van der Waals surface area contributed by atoms with Gasteiger partial charge >= 0.3 is 0 Å². The lowest BCUT2D eigenvalue weighted by Gasteiger charge is -2.26. The number of hydrogen-bond donors (Lipinski definition) is 2. The van der Waals surface area contributed by atoms with Crippen molar-refractivity contribution in [2.45, 2.75) is 38.1 Å². The van der Waals surface area contributed by atoms with Gasteiger partial charge in [-0.15, -0.1) is 24.0 Å². The number of nitrogens with one attached hydrogen (secondary N) is 2. The fourth-order valence-corrected chi connectivity index (χ4v) is 4.09. The van der Waals surface area contributed by atoms with E-state index in [0.717, 1.165) is 51.4 Å². The molecule has 1 fully saturated rings. The molecule has 0 aromatic carbocycles. The van der Waals surface area contributed by atoms with Crippen LogP contribution in [0.1, 0.15) is 37.7 Å². The first-order chi connectivity index (χ1) is 12.5. The molecule has 27 heavy (non-hydrogen) atoms. The average Bonchev–Trinajstić information content (AvgIpc) is 3.31. The molecule has 2 unspecified atom stereocenters. The summed E-state index contributed by atoms with van der Waals surface area (Å²) in [6.45, 7) is 5.90. The number of rotatable bonds is 8. The Morgan fingerprint density at radius 3 is 2.85 bits per heavy atom. The molecule has 1 aliphatic rings. The maximum absolute atomic E-state index is 12.2. The highest BCUT2D eigenvalue weighted by Crippen LogP contribution is 2.19. The molecule has 2 heterocycles. The molecule has 1 amide bonds. The number of hydrogen-bond acceptors (Lipinski definition) is 4. The van der Waals surface area contributed by atoms with Crippen LogP contribution < -0.4 is 10.6 Å². The number of carbonyl (C=O) groups excluding carboxylic acids is 1. The number of nitrogens with zero attached hydrogens (tertiary/aromatic N) is 3. The van der Waals surface area contributed by atoms with Crippen LogP contribution in [0.25, 0.3) is 0 Å². The van der Waals surface area contributed by atoms with E-state index in [-0.39, 0.29) is 35.9 Å². The van der Waals surface area contributed by atoms with Crippen molar-refractivity contribution in [3.63, 3.8) is 0 Å². The van der Waals surface area contributed by atoms with E-state index >= 15 is 0 Å². The highest BCUT2D eigenvalue weighted by atomic mass is 127. The lowest BCUT2D eigenvalue weighted by Crippen LogP contribution is -2.44. The van der Waals surface area contributed by atoms with E-state index < -0.39 is 0 Å². The molecule has 1 aromatic heterocycles. The number of carbonyl (C=O) groups is 1. The van der Waals surface area contributed by atoms with Crippen LogP contribution in [0.5, 0.6) is 0 Å². The predicted octanol–water partition coefficient (Wildman–Crippen LogP) is 2.58. The van der Waals surface area contributed by atoms with E-state index in [9.17, 15) is 4.79 Å². The van der Waals surface area contributed by atoms with Gasteiger partial charge in [0.1, 0.15) is 0 Å². The zero-order valence-corrected chi connectivity index (χ0v) is 20.0. The Balaban J connectivity index is 0.00000364. The normalized spacial score (nSPS) is 18.7. The second-order valence-electron chi connectivity index (χ2n) is 7.12. The Morgan fingerprint density at radius 1 is 1.44 bits per heavy atom. The van der Waals surface area contributed by atoms with Crippen LogP contribution in [-0.2, 0) is 4.79 Å². The summed E-state index contributed by atoms with van der Waals surface area (Å²) in [7, 11) is 5.48. The van der Waals surface area contributed by atoms with Gasteiger partial charge in [-0.05, 0) is 54.1 Å². The minimum atomic E-state index is 0. The van der Waals surface area contributed by atoms with Crippen molar-refractivity contribution < 1.29 is 4.79 Å². The van der Waals surface area contributed by atoms with Gasteiger partial charge in [0.25, 0.3) is 0 Å². The van der Waals surface area contributed by atoms with E-state index in [1.807, 2.05) is 14.1 Å². The third-order valence-electron chi connectivity index (χ3n) is 4.92. The third-order valence-corrected chi connectivity index (χ3v) is 5.62. The lowest BCUT2D eigenvalue weighted by atomic mass is 10.1. The molecule has 2 atom stereocenters. The van der Waals surface area contributed by atoms with Crippen molar-refractivity contribution in [2.24, 2.45) is 4.99 Å². The molecule has 2 N–H and O–H groups in total. The lowest BCUT2D eigenvalue weighted by molar-refractivity contribution is -0.133. The summed E-state index contributed by atoms with van der Waals surface area (Å²) in [5.74, 6) is 1.53. The van der Waals surface area contributed by atoms with E-state index in [1.165, 1.54) is 5.56 Å². The molecule has 6 nitrogen and oxygen atoms in total. The zero-order valence-electron chi connectivity index (χ0n) is 16.9. The first-order valence-corrected chi connectivity index (χ1v) is 10.4. The Morgan fingerprint density at radius 2 is 2.22 bits per heavy atom. The van der Waals surface area contributed by atoms with Gasteiger partial charge in [0.15, 0.2) is 5.96 Å². The molecule has 2 rings (SSSR count). The second-order valence-corrected chi connectivity index (χ2v) is 7.90. The fraction of sp³-hybridized carbons (Fsp3) is 0.684. The Labute approximate surface area is 184 Å². The molecule has 1 aliphatic heterocycles. The minimum absolute atomic E-state index is 0. The highest BCUT2D eigenvalue weighted by Gasteiger charge is 2.30. The van der Waals surface area contributed by atoms with Gasteiger partial charge in [-0.3, -0.25) is 14.7 Å². The number of thiophene rings is 1. The van der Waals surface area contributed by atoms with Crippen LogP contribution in [0.2, 0.25) is 0 Å². The monoisotopic (exact) mass is 507 g/mol. The molecule has 8 heteroatoms. The van der Waals surface area contributed by atoms with Crippen LogP contribution in [0.4, 0.5) is 0 Å². The smallest absolute Gasteiger partial charge is 0.239 e. The molecule has 154 valence electrons. The maximum Gasteiger partial charge on any atom is 0.239 e. The Kier molecular flexibility index (Phi) is 11.2. The number of guanidine groups is 1. The topological polar surface area (TPSA) is 60.0 Å². The number of likely N-dealkylation sites (N-methyl/N-ethyl adjacent to an activating group) is 1. The molecule has 0 aliphatic carbocycles. The summed E-state index contributed by atoms with van der Waals surface area (Å²) in [6, 6.07) is 2.24. The van der Waals surface area contributed by atoms with E-state index in [4.69, 9.17) is 0 Å². The van der Waals surface area contributed by atoms with Crippen LogP contribution in [0, 0.1) is 0 Å². The summed E-state index contributed by atoms with van der Waals surface area (Å²) in [5.41, 5.74) is 1.36. The number of amides is 1. The summed E-state index contributed by atoms with van der Waals surface area (Å²) >= 11 is 1.74. The van der Waals surface area contributed by atoms with Crippen LogP contribution in [0.3, 0.4) is 0 Å². The quantitative estimate of drug-likeness (QED) is 0.246. The third kappa shape index (κ3) is 7.57. The maximum atomic E-state index is 12.2. The molecule has 1 aromatic rings. The SMILES string of the molecule is CN=C(NCCCN1CCCC1C(=O)N(C)C)NCC(C)c1ccsc1.I. The van der Waals surface area contributed by atoms with Crippen molar-refractivity contribution in [2.75, 3.05) is 47.3 Å². The summed E-state index contributed by atoms with van der Waals surface area (Å²) < 4.78 is 0. The molecular weight excluding hydrogens is 473 g/mol. The summed E-state index contributed by atoms with van der Waals surface area (Å²) in [6.07, 6.45) is 3.09. The number of likely N-dealkylation sites (tertiary alicyclic amines) is 1. The van der Waals surface area contributed by atoms with Crippen molar-refractivity contribution >= 4 is 47.2 Å². The molecule has 0 bridgehead atoms. The van der Waals surface area contributed by atoms with Crippen molar-refractivity contribution in [3.05, 3.63) is 22.4 Å². The molecule has 1 saturated heterocycles. The van der Waals surface area contributed by atoms with Crippen LogP contribution >= 0.6 is 35.3 Å². The van der Waals surface area contributed by atoms with Crippen LogP contribution in [0.15, 0.2) is 21.8 Å². The molecule has 0 radical (unpaired) electrons. The average molecular weight is 507 g/mol. The minimum Gasteiger partial charge on any atom is -0.356 e. The molecule has 0 saturated carbocycles.